The number of pyridine rings is 1. The molecule has 1 amide bonds. The van der Waals surface area contributed by atoms with E-state index in [0.29, 0.717) is 23.9 Å². The van der Waals surface area contributed by atoms with E-state index in [2.05, 4.69) is 22.2 Å². The summed E-state index contributed by atoms with van der Waals surface area (Å²) in [5.41, 5.74) is 1.53. The Kier molecular flexibility index (Phi) is 6.51. The van der Waals surface area contributed by atoms with Gasteiger partial charge in [0.25, 0.3) is 0 Å². The molecule has 0 saturated carbocycles. The molecule has 24 heavy (non-hydrogen) atoms. The van der Waals surface area contributed by atoms with Crippen molar-refractivity contribution in [3.63, 3.8) is 0 Å². The summed E-state index contributed by atoms with van der Waals surface area (Å²) in [6, 6.07) is 1.79. The molecule has 1 aromatic heterocycles. The molecule has 0 spiro atoms. The number of hydrogen-bond donors (Lipinski definition) is 3. The number of carbonyl (C=O) groups excluding carboxylic acids is 1. The van der Waals surface area contributed by atoms with Crippen molar-refractivity contribution in [1.82, 2.24) is 4.98 Å². The van der Waals surface area contributed by atoms with E-state index in [4.69, 9.17) is 10.1 Å². The average Bonchev–Trinajstić information content (AvgIpc) is 2.41. The van der Waals surface area contributed by atoms with Crippen molar-refractivity contribution < 1.29 is 9.53 Å². The van der Waals surface area contributed by atoms with E-state index < -0.39 is 11.7 Å². The monoisotopic (exact) mass is 332 g/mol. The van der Waals surface area contributed by atoms with Crippen LogP contribution in [0, 0.1) is 5.41 Å². The Hall–Kier alpha value is -2.37. The van der Waals surface area contributed by atoms with E-state index in [1.54, 1.807) is 39.8 Å². The van der Waals surface area contributed by atoms with Crippen LogP contribution >= 0.6 is 0 Å². The van der Waals surface area contributed by atoms with Crippen LogP contribution in [0.25, 0.3) is 0 Å². The molecule has 0 aromatic carbocycles. The summed E-state index contributed by atoms with van der Waals surface area (Å²) in [6.45, 7) is 15.4. The van der Waals surface area contributed by atoms with Gasteiger partial charge in [0.1, 0.15) is 17.2 Å². The largest absolute Gasteiger partial charge is 0.444 e. The molecule has 0 aliphatic heterocycles. The molecule has 0 radical (unpaired) electrons. The topological polar surface area (TPSA) is 87.1 Å². The molecule has 6 heteroatoms. The van der Waals surface area contributed by atoms with Crippen molar-refractivity contribution in [3.05, 3.63) is 29.8 Å². The van der Waals surface area contributed by atoms with Gasteiger partial charge < -0.3 is 15.5 Å². The zero-order valence-electron chi connectivity index (χ0n) is 15.4. The van der Waals surface area contributed by atoms with Crippen LogP contribution in [0.1, 0.15) is 58.6 Å². The summed E-state index contributed by atoms with van der Waals surface area (Å²) in [7, 11) is 0. The minimum absolute atomic E-state index is 0.173. The number of aromatic nitrogens is 1. The van der Waals surface area contributed by atoms with Crippen LogP contribution in [-0.4, -0.2) is 28.9 Å². The van der Waals surface area contributed by atoms with Crippen LogP contribution in [0.2, 0.25) is 0 Å². The molecule has 0 fully saturated rings. The quantitative estimate of drug-likeness (QED) is 0.527. The van der Waals surface area contributed by atoms with Gasteiger partial charge in [-0.2, -0.15) is 0 Å². The lowest BCUT2D eigenvalue weighted by Crippen LogP contribution is -2.27. The van der Waals surface area contributed by atoms with Crippen molar-refractivity contribution in [2.24, 2.45) is 0 Å². The smallest absolute Gasteiger partial charge is 0.413 e. The Balaban J connectivity index is 3.26. The highest BCUT2D eigenvalue weighted by Gasteiger charge is 2.20. The number of amides is 1. The van der Waals surface area contributed by atoms with E-state index in [1.807, 2.05) is 13.8 Å². The van der Waals surface area contributed by atoms with Gasteiger partial charge in [-0.15, -0.1) is 6.58 Å². The highest BCUT2D eigenvalue weighted by molar-refractivity contribution is 6.03. The molecule has 0 unspecified atom stereocenters. The summed E-state index contributed by atoms with van der Waals surface area (Å²) in [5.74, 6) is 1.12. The molecule has 132 valence electrons. The van der Waals surface area contributed by atoms with E-state index >= 15 is 0 Å². The molecule has 0 bridgehead atoms. The lowest BCUT2D eigenvalue weighted by atomic mass is 9.95. The molecular formula is C18H28N4O2. The van der Waals surface area contributed by atoms with Gasteiger partial charge in [-0.3, -0.25) is 5.32 Å². The van der Waals surface area contributed by atoms with E-state index in [0.717, 1.165) is 11.1 Å². The third kappa shape index (κ3) is 5.68. The van der Waals surface area contributed by atoms with Gasteiger partial charge in [0.15, 0.2) is 0 Å². The summed E-state index contributed by atoms with van der Waals surface area (Å²) in [5, 5.41) is 13.9. The zero-order valence-corrected chi connectivity index (χ0v) is 15.4. The van der Waals surface area contributed by atoms with Gasteiger partial charge in [0, 0.05) is 17.8 Å². The third-order valence-electron chi connectivity index (χ3n) is 3.09. The standard InChI is InChI=1S/C18H28N4O2/c1-8-9-20-16-15(12(4)19)13(11(2)3)10-14(21-16)22-17(23)24-18(5,6)7/h8,10-11,19H,1,9H2,2-7H3,(H2,20,21,22,23). The molecule has 6 nitrogen and oxygen atoms in total. The Morgan fingerprint density at radius 1 is 1.46 bits per heavy atom. The molecule has 0 aliphatic rings. The summed E-state index contributed by atoms with van der Waals surface area (Å²) in [4.78, 5) is 16.4. The average molecular weight is 332 g/mol. The Morgan fingerprint density at radius 2 is 2.08 bits per heavy atom. The molecule has 3 N–H and O–H groups in total. The predicted octanol–water partition coefficient (Wildman–Crippen LogP) is 4.54. The van der Waals surface area contributed by atoms with Crippen molar-refractivity contribution in [1.29, 1.82) is 5.41 Å². The second-order valence-corrected chi connectivity index (χ2v) is 6.90. The minimum Gasteiger partial charge on any atom is -0.444 e. The Labute approximate surface area is 144 Å². The van der Waals surface area contributed by atoms with E-state index in [1.165, 1.54) is 0 Å². The highest BCUT2D eigenvalue weighted by atomic mass is 16.6. The summed E-state index contributed by atoms with van der Waals surface area (Å²) in [6.07, 6.45) is 1.16. The zero-order chi connectivity index (χ0) is 18.5. The first-order chi connectivity index (χ1) is 11.0. The highest BCUT2D eigenvalue weighted by Crippen LogP contribution is 2.28. The van der Waals surface area contributed by atoms with Crippen molar-refractivity contribution in [2.45, 2.75) is 53.1 Å². The lowest BCUT2D eigenvalue weighted by Gasteiger charge is -2.21. The molecular weight excluding hydrogens is 304 g/mol. The second-order valence-electron chi connectivity index (χ2n) is 6.90. The minimum atomic E-state index is -0.583. The molecule has 1 rings (SSSR count). The number of carbonyl (C=O) groups is 1. The molecule has 0 atom stereocenters. The van der Waals surface area contributed by atoms with Gasteiger partial charge in [-0.25, -0.2) is 9.78 Å². The number of nitrogens with zero attached hydrogens (tertiary/aromatic N) is 1. The number of nitrogens with one attached hydrogen (secondary N) is 3. The first-order valence-corrected chi connectivity index (χ1v) is 8.00. The Bertz CT molecular complexity index is 631. The third-order valence-corrected chi connectivity index (χ3v) is 3.09. The number of hydrogen-bond acceptors (Lipinski definition) is 5. The van der Waals surface area contributed by atoms with Gasteiger partial charge >= 0.3 is 6.09 Å². The fourth-order valence-electron chi connectivity index (χ4n) is 2.18. The molecule has 0 saturated heterocycles. The number of rotatable bonds is 6. The van der Waals surface area contributed by atoms with Crippen LogP contribution in [0.4, 0.5) is 16.4 Å². The predicted molar refractivity (Wildman–Crippen MR) is 99.4 cm³/mol. The second kappa shape index (κ2) is 7.95. The SMILES string of the molecule is C=CCNc1nc(NC(=O)OC(C)(C)C)cc(C(C)C)c1C(C)=N. The maximum absolute atomic E-state index is 12.0. The van der Waals surface area contributed by atoms with Gasteiger partial charge in [0.05, 0.1) is 0 Å². The van der Waals surface area contributed by atoms with Crippen LogP contribution in [0.3, 0.4) is 0 Å². The van der Waals surface area contributed by atoms with Gasteiger partial charge in [-0.1, -0.05) is 19.9 Å². The molecule has 0 aliphatic carbocycles. The van der Waals surface area contributed by atoms with Crippen molar-refractivity contribution in [3.8, 4) is 0 Å². The molecule has 1 heterocycles. The van der Waals surface area contributed by atoms with Crippen LogP contribution < -0.4 is 10.6 Å². The first-order valence-electron chi connectivity index (χ1n) is 8.00. The fourth-order valence-corrected chi connectivity index (χ4v) is 2.18. The molecule has 1 aromatic rings. The van der Waals surface area contributed by atoms with Crippen LogP contribution in [-0.2, 0) is 4.74 Å². The normalized spacial score (nSPS) is 11.1. The lowest BCUT2D eigenvalue weighted by molar-refractivity contribution is 0.0635. The Morgan fingerprint density at radius 3 is 2.54 bits per heavy atom. The van der Waals surface area contributed by atoms with Crippen molar-refractivity contribution >= 4 is 23.4 Å². The number of ether oxygens (including phenoxy) is 1. The van der Waals surface area contributed by atoms with Gasteiger partial charge in [-0.05, 0) is 45.2 Å². The maximum Gasteiger partial charge on any atom is 0.413 e. The van der Waals surface area contributed by atoms with Crippen molar-refractivity contribution in [2.75, 3.05) is 17.2 Å². The van der Waals surface area contributed by atoms with Gasteiger partial charge in [0.2, 0.25) is 0 Å². The maximum atomic E-state index is 12.0. The first kappa shape index (κ1) is 19.7. The van der Waals surface area contributed by atoms with E-state index in [9.17, 15) is 4.79 Å². The number of anilines is 2. The van der Waals surface area contributed by atoms with Crippen LogP contribution in [0.5, 0.6) is 0 Å². The fraction of sp³-hybridized carbons (Fsp3) is 0.500. The summed E-state index contributed by atoms with van der Waals surface area (Å²) >= 11 is 0. The van der Waals surface area contributed by atoms with E-state index in [-0.39, 0.29) is 5.92 Å². The summed E-state index contributed by atoms with van der Waals surface area (Å²) < 4.78 is 5.27. The van der Waals surface area contributed by atoms with Crippen LogP contribution in [0.15, 0.2) is 18.7 Å².